The first-order valence-electron chi connectivity index (χ1n) is 13.2. The molecule has 1 heterocycles. The Labute approximate surface area is 229 Å². The van der Waals surface area contributed by atoms with Gasteiger partial charge in [-0.1, -0.05) is 72.8 Å². The van der Waals surface area contributed by atoms with Crippen LogP contribution in [0.2, 0.25) is 0 Å². The predicted molar refractivity (Wildman–Crippen MR) is 147 cm³/mol. The standard InChI is InChI=1S/C32H35NO6/c1-32(2,3)39-29(34)20-26(17-25-15-10-16-28(19-25)37-21-24-13-8-5-9-14-24)30(35)33-27(22-38-31(33)36)18-23-11-6-4-7-12-23/h4-16,19,26-27H,17-18,20-22H2,1-3H3/t26-,27+/m1/s1. The van der Waals surface area contributed by atoms with Crippen LogP contribution in [0.4, 0.5) is 4.79 Å². The molecule has 3 aromatic carbocycles. The third-order valence-electron chi connectivity index (χ3n) is 6.32. The van der Waals surface area contributed by atoms with Crippen LogP contribution in [-0.2, 0) is 38.5 Å². The third kappa shape index (κ3) is 8.18. The lowest BCUT2D eigenvalue weighted by Gasteiger charge is -2.26. The summed E-state index contributed by atoms with van der Waals surface area (Å²) in [5, 5.41) is 0. The van der Waals surface area contributed by atoms with Gasteiger partial charge in [-0.15, -0.1) is 0 Å². The van der Waals surface area contributed by atoms with E-state index >= 15 is 0 Å². The van der Waals surface area contributed by atoms with Gasteiger partial charge in [-0.2, -0.15) is 0 Å². The first-order valence-corrected chi connectivity index (χ1v) is 13.2. The van der Waals surface area contributed by atoms with Gasteiger partial charge in [0, 0.05) is 0 Å². The molecule has 0 saturated carbocycles. The summed E-state index contributed by atoms with van der Waals surface area (Å²) >= 11 is 0. The van der Waals surface area contributed by atoms with Crippen molar-refractivity contribution in [2.24, 2.45) is 5.92 Å². The second-order valence-corrected chi connectivity index (χ2v) is 10.7. The van der Waals surface area contributed by atoms with Gasteiger partial charge in [0.05, 0.1) is 18.4 Å². The summed E-state index contributed by atoms with van der Waals surface area (Å²) in [6.45, 7) is 5.86. The van der Waals surface area contributed by atoms with Crippen molar-refractivity contribution in [2.75, 3.05) is 6.61 Å². The fourth-order valence-corrected chi connectivity index (χ4v) is 4.58. The predicted octanol–water partition coefficient (Wildman–Crippen LogP) is 5.75. The van der Waals surface area contributed by atoms with Crippen molar-refractivity contribution in [3.05, 3.63) is 102 Å². The maximum Gasteiger partial charge on any atom is 0.416 e. The summed E-state index contributed by atoms with van der Waals surface area (Å²) in [7, 11) is 0. The number of cyclic esters (lactones) is 1. The molecule has 0 bridgehead atoms. The Bertz CT molecular complexity index is 1270. The number of carbonyl (C=O) groups excluding carboxylic acids is 3. The third-order valence-corrected chi connectivity index (χ3v) is 6.32. The summed E-state index contributed by atoms with van der Waals surface area (Å²) in [5.41, 5.74) is 2.15. The molecule has 1 aliphatic heterocycles. The van der Waals surface area contributed by atoms with Crippen LogP contribution in [0.25, 0.3) is 0 Å². The fraction of sp³-hybridized carbons (Fsp3) is 0.344. The van der Waals surface area contributed by atoms with Crippen LogP contribution in [0, 0.1) is 5.92 Å². The molecule has 3 aromatic rings. The molecule has 1 saturated heterocycles. The minimum atomic E-state index is -0.812. The van der Waals surface area contributed by atoms with Gasteiger partial charge < -0.3 is 14.2 Å². The van der Waals surface area contributed by atoms with E-state index in [1.54, 1.807) is 20.8 Å². The minimum absolute atomic E-state index is 0.113. The zero-order valence-electron chi connectivity index (χ0n) is 22.7. The van der Waals surface area contributed by atoms with Crippen molar-refractivity contribution in [3.8, 4) is 5.75 Å². The minimum Gasteiger partial charge on any atom is -0.489 e. The highest BCUT2D eigenvalue weighted by atomic mass is 16.6. The highest BCUT2D eigenvalue weighted by Crippen LogP contribution is 2.26. The van der Waals surface area contributed by atoms with Gasteiger partial charge in [-0.25, -0.2) is 9.69 Å². The van der Waals surface area contributed by atoms with Crippen LogP contribution >= 0.6 is 0 Å². The number of ether oxygens (including phenoxy) is 3. The van der Waals surface area contributed by atoms with Gasteiger partial charge in [0.25, 0.3) is 0 Å². The number of benzene rings is 3. The van der Waals surface area contributed by atoms with Crippen LogP contribution in [0.5, 0.6) is 5.75 Å². The second kappa shape index (κ2) is 12.6. The smallest absolute Gasteiger partial charge is 0.416 e. The number of imide groups is 1. The van der Waals surface area contributed by atoms with Gasteiger partial charge >= 0.3 is 12.1 Å². The molecule has 0 unspecified atom stereocenters. The van der Waals surface area contributed by atoms with Crippen LogP contribution in [0.15, 0.2) is 84.9 Å². The lowest BCUT2D eigenvalue weighted by molar-refractivity contribution is -0.158. The first-order chi connectivity index (χ1) is 18.7. The summed E-state index contributed by atoms with van der Waals surface area (Å²) < 4.78 is 16.8. The maximum absolute atomic E-state index is 13.8. The van der Waals surface area contributed by atoms with Crippen molar-refractivity contribution >= 4 is 18.0 Å². The Balaban J connectivity index is 1.53. The van der Waals surface area contributed by atoms with Crippen LogP contribution in [0.3, 0.4) is 0 Å². The van der Waals surface area contributed by atoms with Crippen molar-refractivity contribution in [1.29, 1.82) is 0 Å². The molecule has 7 heteroatoms. The van der Waals surface area contributed by atoms with Crippen LogP contribution in [-0.4, -0.2) is 41.1 Å². The molecule has 0 radical (unpaired) electrons. The molecule has 0 N–H and O–H groups in total. The van der Waals surface area contributed by atoms with E-state index in [1.807, 2.05) is 84.9 Å². The summed E-state index contributed by atoms with van der Waals surface area (Å²) in [6.07, 6.45) is -0.134. The Hall–Kier alpha value is -4.13. The highest BCUT2D eigenvalue weighted by Gasteiger charge is 2.41. The van der Waals surface area contributed by atoms with Gasteiger partial charge in [0.2, 0.25) is 5.91 Å². The monoisotopic (exact) mass is 529 g/mol. The largest absolute Gasteiger partial charge is 0.489 e. The van der Waals surface area contributed by atoms with Gasteiger partial charge in [0.1, 0.15) is 24.6 Å². The number of esters is 1. The van der Waals surface area contributed by atoms with E-state index in [0.29, 0.717) is 18.8 Å². The lowest BCUT2D eigenvalue weighted by atomic mass is 9.93. The molecule has 0 aromatic heterocycles. The maximum atomic E-state index is 13.8. The van der Waals surface area contributed by atoms with Crippen LogP contribution < -0.4 is 4.74 Å². The summed E-state index contributed by atoms with van der Waals surface area (Å²) in [5.74, 6) is -1.10. The van der Waals surface area contributed by atoms with Gasteiger partial charge in [0.15, 0.2) is 0 Å². The quantitative estimate of drug-likeness (QED) is 0.311. The van der Waals surface area contributed by atoms with E-state index in [0.717, 1.165) is 16.7 Å². The Kier molecular flexibility index (Phi) is 9.02. The van der Waals surface area contributed by atoms with Crippen molar-refractivity contribution in [1.82, 2.24) is 4.90 Å². The molecule has 0 aliphatic carbocycles. The number of hydrogen-bond donors (Lipinski definition) is 0. The Morgan fingerprint density at radius 1 is 0.923 bits per heavy atom. The van der Waals surface area contributed by atoms with E-state index in [1.165, 1.54) is 4.90 Å². The van der Waals surface area contributed by atoms with Gasteiger partial charge in [-0.05, 0) is 62.4 Å². The fourth-order valence-electron chi connectivity index (χ4n) is 4.58. The molecule has 2 atom stereocenters. The molecule has 7 nitrogen and oxygen atoms in total. The zero-order chi connectivity index (χ0) is 27.8. The SMILES string of the molecule is CC(C)(C)OC(=O)C[C@@H](Cc1cccc(OCc2ccccc2)c1)C(=O)N1C(=O)OC[C@@H]1Cc1ccccc1. The molecule has 1 fully saturated rings. The Morgan fingerprint density at radius 2 is 1.56 bits per heavy atom. The van der Waals surface area contributed by atoms with E-state index in [-0.39, 0.29) is 19.4 Å². The Morgan fingerprint density at radius 3 is 2.23 bits per heavy atom. The molecular formula is C32H35NO6. The average molecular weight is 530 g/mol. The second-order valence-electron chi connectivity index (χ2n) is 10.7. The number of hydrogen-bond acceptors (Lipinski definition) is 6. The number of carbonyl (C=O) groups is 3. The highest BCUT2D eigenvalue weighted by molar-refractivity contribution is 5.96. The topological polar surface area (TPSA) is 82.1 Å². The zero-order valence-corrected chi connectivity index (χ0v) is 22.7. The molecule has 39 heavy (non-hydrogen) atoms. The molecule has 0 spiro atoms. The molecule has 204 valence electrons. The van der Waals surface area contributed by atoms with Crippen molar-refractivity contribution in [3.63, 3.8) is 0 Å². The van der Waals surface area contributed by atoms with E-state index in [9.17, 15) is 14.4 Å². The number of nitrogens with zero attached hydrogens (tertiary/aromatic N) is 1. The van der Waals surface area contributed by atoms with Gasteiger partial charge in [-0.3, -0.25) is 9.59 Å². The molecule has 4 rings (SSSR count). The number of amides is 2. The molecule has 1 aliphatic rings. The number of rotatable bonds is 10. The van der Waals surface area contributed by atoms with E-state index in [2.05, 4.69) is 0 Å². The molecular weight excluding hydrogens is 494 g/mol. The average Bonchev–Trinajstić information content (AvgIpc) is 3.26. The molecule has 2 amide bonds. The van der Waals surface area contributed by atoms with E-state index in [4.69, 9.17) is 14.2 Å². The normalized spacial score (nSPS) is 15.9. The van der Waals surface area contributed by atoms with Crippen molar-refractivity contribution in [2.45, 2.75) is 58.3 Å². The van der Waals surface area contributed by atoms with Crippen molar-refractivity contribution < 1.29 is 28.6 Å². The first kappa shape index (κ1) is 27.9. The van der Waals surface area contributed by atoms with E-state index < -0.39 is 35.5 Å². The van der Waals surface area contributed by atoms with Crippen LogP contribution in [0.1, 0.15) is 43.9 Å². The lowest BCUT2D eigenvalue weighted by Crippen LogP contribution is -2.45. The summed E-state index contributed by atoms with van der Waals surface area (Å²) in [4.78, 5) is 40.6. The summed E-state index contributed by atoms with van der Waals surface area (Å²) in [6, 6.07) is 26.5.